The van der Waals surface area contributed by atoms with Crippen LogP contribution in [0, 0.1) is 5.92 Å². The third kappa shape index (κ3) is 3.44. The van der Waals surface area contributed by atoms with E-state index < -0.39 is 5.97 Å². The van der Waals surface area contributed by atoms with Gasteiger partial charge in [-0.1, -0.05) is 32.9 Å². The van der Waals surface area contributed by atoms with Crippen LogP contribution in [0.5, 0.6) is 5.75 Å². The van der Waals surface area contributed by atoms with E-state index in [1.54, 1.807) is 0 Å². The molecule has 2 aromatic rings. The minimum Gasteiger partial charge on any atom is -0.550 e. The number of nitrogens with zero attached hydrogens (tertiary/aromatic N) is 2. The number of hydrogen-bond donors (Lipinski definition) is 0. The Morgan fingerprint density at radius 3 is 2.52 bits per heavy atom. The van der Waals surface area contributed by atoms with Crippen molar-refractivity contribution in [3.05, 3.63) is 42.0 Å². The van der Waals surface area contributed by atoms with Crippen molar-refractivity contribution in [3.63, 3.8) is 0 Å². The Morgan fingerprint density at radius 2 is 1.90 bits per heavy atom. The number of carbonyl (C=O) groups excluding carboxylic acids is 1. The first-order chi connectivity index (χ1) is 14.7. The van der Waals surface area contributed by atoms with Gasteiger partial charge in [-0.15, -0.1) is 0 Å². The SMILES string of the molecule is CN1CC2(CCC2)Oc2cc(C(C)(C)C)cc(-c3cccc(N4CC(C(=O)[O-])C4)c3)c21. The normalized spacial score (nSPS) is 20.0. The van der Waals surface area contributed by atoms with E-state index in [1.165, 1.54) is 17.5 Å². The molecule has 0 atom stereocenters. The van der Waals surface area contributed by atoms with E-state index in [1.807, 2.05) is 0 Å². The summed E-state index contributed by atoms with van der Waals surface area (Å²) in [7, 11) is 2.17. The van der Waals surface area contributed by atoms with E-state index in [0.29, 0.717) is 13.1 Å². The molecule has 5 rings (SSSR count). The van der Waals surface area contributed by atoms with Crippen molar-refractivity contribution in [2.24, 2.45) is 5.92 Å². The molecule has 0 amide bonds. The highest BCUT2D eigenvalue weighted by atomic mass is 16.5. The Bertz CT molecular complexity index is 1030. The molecule has 2 fully saturated rings. The number of likely N-dealkylation sites (N-methyl/N-ethyl adjacent to an activating group) is 1. The summed E-state index contributed by atoms with van der Waals surface area (Å²) in [5.41, 5.74) is 5.76. The minimum absolute atomic E-state index is 0.00667. The van der Waals surface area contributed by atoms with Crippen LogP contribution in [-0.4, -0.2) is 38.3 Å². The third-order valence-corrected chi connectivity index (χ3v) is 7.18. The molecular formula is C26H31N2O3-. The lowest BCUT2D eigenvalue weighted by molar-refractivity contribution is -0.312. The van der Waals surface area contributed by atoms with E-state index in [4.69, 9.17) is 4.74 Å². The Morgan fingerprint density at radius 1 is 1.16 bits per heavy atom. The number of rotatable bonds is 3. The maximum Gasteiger partial charge on any atom is 0.144 e. The molecule has 0 unspecified atom stereocenters. The van der Waals surface area contributed by atoms with Crippen LogP contribution in [0.2, 0.25) is 0 Å². The average Bonchev–Trinajstić information content (AvgIpc) is 2.63. The minimum atomic E-state index is -0.956. The number of fused-ring (bicyclic) bond motifs is 1. The summed E-state index contributed by atoms with van der Waals surface area (Å²) in [4.78, 5) is 15.6. The molecule has 0 aromatic heterocycles. The van der Waals surface area contributed by atoms with E-state index in [0.717, 1.165) is 42.1 Å². The summed E-state index contributed by atoms with van der Waals surface area (Å²) >= 11 is 0. The second-order valence-corrected chi connectivity index (χ2v) is 10.6. The van der Waals surface area contributed by atoms with Crippen LogP contribution in [-0.2, 0) is 10.2 Å². The van der Waals surface area contributed by atoms with Gasteiger partial charge in [-0.25, -0.2) is 0 Å². The van der Waals surface area contributed by atoms with E-state index in [2.05, 4.69) is 74.0 Å². The van der Waals surface area contributed by atoms with Gasteiger partial charge in [0.25, 0.3) is 0 Å². The van der Waals surface area contributed by atoms with Crippen molar-refractivity contribution >= 4 is 17.3 Å². The summed E-state index contributed by atoms with van der Waals surface area (Å²) in [5, 5.41) is 11.1. The summed E-state index contributed by atoms with van der Waals surface area (Å²) in [6.07, 6.45) is 3.48. The van der Waals surface area contributed by atoms with Gasteiger partial charge in [0, 0.05) is 43.3 Å². The zero-order chi connectivity index (χ0) is 22.0. The predicted octanol–water partition coefficient (Wildman–Crippen LogP) is 3.59. The molecule has 1 saturated heterocycles. The lowest BCUT2D eigenvalue weighted by atomic mass is 9.77. The second-order valence-electron chi connectivity index (χ2n) is 10.6. The molecule has 1 saturated carbocycles. The molecule has 1 spiro atoms. The number of carbonyl (C=O) groups is 1. The van der Waals surface area contributed by atoms with Gasteiger partial charge < -0.3 is 24.4 Å². The van der Waals surface area contributed by atoms with Crippen molar-refractivity contribution in [3.8, 4) is 16.9 Å². The molecule has 164 valence electrons. The third-order valence-electron chi connectivity index (χ3n) is 7.18. The monoisotopic (exact) mass is 419 g/mol. The van der Waals surface area contributed by atoms with Gasteiger partial charge in [0.05, 0.1) is 12.2 Å². The highest BCUT2D eigenvalue weighted by Gasteiger charge is 2.45. The van der Waals surface area contributed by atoms with E-state index >= 15 is 0 Å². The lowest BCUT2D eigenvalue weighted by Gasteiger charge is -2.49. The molecular weight excluding hydrogens is 388 g/mol. The maximum atomic E-state index is 11.1. The summed E-state index contributed by atoms with van der Waals surface area (Å²) in [6, 6.07) is 13.0. The number of ether oxygens (including phenoxy) is 1. The van der Waals surface area contributed by atoms with Crippen molar-refractivity contribution in [1.29, 1.82) is 0 Å². The number of carboxylic acids is 1. The summed E-state index contributed by atoms with van der Waals surface area (Å²) in [5.74, 6) is -0.343. The van der Waals surface area contributed by atoms with Crippen LogP contribution in [0.25, 0.3) is 11.1 Å². The molecule has 2 heterocycles. The fourth-order valence-electron chi connectivity index (χ4n) is 5.05. The molecule has 0 bridgehead atoms. The summed E-state index contributed by atoms with van der Waals surface area (Å²) in [6.45, 7) is 8.65. The van der Waals surface area contributed by atoms with Crippen LogP contribution in [0.1, 0.15) is 45.6 Å². The van der Waals surface area contributed by atoms with Crippen LogP contribution < -0.4 is 19.6 Å². The molecule has 1 aliphatic carbocycles. The van der Waals surface area contributed by atoms with Gasteiger partial charge in [0.2, 0.25) is 0 Å². The quantitative estimate of drug-likeness (QED) is 0.761. The van der Waals surface area contributed by atoms with Gasteiger partial charge in [-0.2, -0.15) is 0 Å². The van der Waals surface area contributed by atoms with Crippen LogP contribution >= 0.6 is 0 Å². The highest BCUT2D eigenvalue weighted by Crippen LogP contribution is 2.50. The highest BCUT2D eigenvalue weighted by molar-refractivity contribution is 5.86. The van der Waals surface area contributed by atoms with Crippen molar-refractivity contribution in [1.82, 2.24) is 0 Å². The van der Waals surface area contributed by atoms with Gasteiger partial charge in [-0.3, -0.25) is 0 Å². The smallest absolute Gasteiger partial charge is 0.144 e. The fourth-order valence-corrected chi connectivity index (χ4v) is 5.05. The second kappa shape index (κ2) is 6.91. The molecule has 31 heavy (non-hydrogen) atoms. The van der Waals surface area contributed by atoms with Gasteiger partial charge in [0.15, 0.2) is 0 Å². The van der Waals surface area contributed by atoms with Gasteiger partial charge in [-0.05, 0) is 60.1 Å². The Balaban J connectivity index is 1.57. The first-order valence-electron chi connectivity index (χ1n) is 11.3. The number of aliphatic carboxylic acids is 1. The molecule has 2 aromatic carbocycles. The van der Waals surface area contributed by atoms with Gasteiger partial charge in [0.1, 0.15) is 11.4 Å². The zero-order valence-electron chi connectivity index (χ0n) is 18.9. The van der Waals surface area contributed by atoms with Crippen molar-refractivity contribution in [2.75, 3.05) is 36.5 Å². The summed E-state index contributed by atoms with van der Waals surface area (Å²) < 4.78 is 6.65. The molecule has 5 nitrogen and oxygen atoms in total. The topological polar surface area (TPSA) is 55.8 Å². The number of anilines is 2. The van der Waals surface area contributed by atoms with E-state index in [-0.39, 0.29) is 16.9 Å². The Hall–Kier alpha value is -2.69. The first kappa shape index (κ1) is 20.2. The largest absolute Gasteiger partial charge is 0.550 e. The molecule has 5 heteroatoms. The Labute approximate surface area is 184 Å². The predicted molar refractivity (Wildman–Crippen MR) is 122 cm³/mol. The van der Waals surface area contributed by atoms with Crippen LogP contribution in [0.15, 0.2) is 36.4 Å². The number of carboxylic acid groups (broad SMARTS) is 1. The molecule has 3 aliphatic rings. The van der Waals surface area contributed by atoms with Crippen LogP contribution in [0.3, 0.4) is 0 Å². The van der Waals surface area contributed by atoms with Crippen LogP contribution in [0.4, 0.5) is 11.4 Å². The molecule has 2 aliphatic heterocycles. The molecule has 0 radical (unpaired) electrons. The lowest BCUT2D eigenvalue weighted by Crippen LogP contribution is -2.54. The first-order valence-corrected chi connectivity index (χ1v) is 11.3. The fraction of sp³-hybridized carbons (Fsp3) is 0.500. The molecule has 0 N–H and O–H groups in total. The Kier molecular flexibility index (Phi) is 4.51. The van der Waals surface area contributed by atoms with Crippen molar-refractivity contribution in [2.45, 2.75) is 51.0 Å². The van der Waals surface area contributed by atoms with E-state index in [9.17, 15) is 9.90 Å². The zero-order valence-corrected chi connectivity index (χ0v) is 18.9. The average molecular weight is 420 g/mol. The standard InChI is InChI=1S/C26H32N2O3/c1-25(2,3)19-12-21(23-22(13-19)31-26(9-6-10-26)16-27(23)4)17-7-5-8-20(11-17)28-14-18(15-28)24(29)30/h5,7-8,11-13,18H,6,9-10,14-16H2,1-4H3,(H,29,30)/p-1. The van der Waals surface area contributed by atoms with Crippen molar-refractivity contribution < 1.29 is 14.6 Å². The maximum absolute atomic E-state index is 11.1. The number of hydrogen-bond acceptors (Lipinski definition) is 5. The number of benzene rings is 2. The van der Waals surface area contributed by atoms with Gasteiger partial charge >= 0.3 is 0 Å².